The van der Waals surface area contributed by atoms with Crippen molar-refractivity contribution in [2.45, 2.75) is 37.5 Å². The molecule has 4 aliphatic rings. The number of hydrogen-bond donors (Lipinski definition) is 1. The van der Waals surface area contributed by atoms with Gasteiger partial charge in [-0.3, -0.25) is 4.79 Å². The molecule has 2 aromatic carbocycles. The molecule has 0 saturated heterocycles. The Bertz CT molecular complexity index is 1120. The summed E-state index contributed by atoms with van der Waals surface area (Å²) in [5, 5.41) is 3.25. The van der Waals surface area contributed by atoms with Crippen LogP contribution in [-0.2, 0) is 15.0 Å². The molecule has 0 aromatic heterocycles. The topological polar surface area (TPSA) is 77.1 Å². The minimum absolute atomic E-state index is 0.0744. The zero-order chi connectivity index (χ0) is 21.9. The molecule has 1 saturated carbocycles. The Kier molecular flexibility index (Phi) is 4.35. The van der Waals surface area contributed by atoms with Gasteiger partial charge in [-0.2, -0.15) is 0 Å². The van der Waals surface area contributed by atoms with Crippen molar-refractivity contribution in [2.24, 2.45) is 5.92 Å². The first kappa shape index (κ1) is 19.5. The van der Waals surface area contributed by atoms with E-state index >= 15 is 0 Å². The molecule has 6 rings (SSSR count). The number of amides is 1. The first-order valence-electron chi connectivity index (χ1n) is 11.4. The van der Waals surface area contributed by atoms with Gasteiger partial charge in [-0.15, -0.1) is 0 Å². The second-order valence-electron chi connectivity index (χ2n) is 9.31. The van der Waals surface area contributed by atoms with E-state index in [9.17, 15) is 9.59 Å². The monoisotopic (exact) mass is 434 g/mol. The molecule has 1 amide bonds. The Morgan fingerprint density at radius 3 is 2.78 bits per heavy atom. The lowest BCUT2D eigenvalue weighted by Crippen LogP contribution is -2.35. The van der Waals surface area contributed by atoms with Crippen LogP contribution in [0.25, 0.3) is 0 Å². The van der Waals surface area contributed by atoms with Crippen LogP contribution in [0.2, 0.25) is 0 Å². The van der Waals surface area contributed by atoms with E-state index in [1.165, 1.54) is 6.42 Å². The highest BCUT2D eigenvalue weighted by Crippen LogP contribution is 2.55. The van der Waals surface area contributed by atoms with E-state index < -0.39 is 11.4 Å². The van der Waals surface area contributed by atoms with Gasteiger partial charge in [0, 0.05) is 48.1 Å². The molecule has 3 heterocycles. The summed E-state index contributed by atoms with van der Waals surface area (Å²) in [7, 11) is 2.06. The number of anilines is 2. The molecule has 1 atom stereocenters. The van der Waals surface area contributed by atoms with Gasteiger partial charge in [0.25, 0.3) is 0 Å². The Morgan fingerprint density at radius 2 is 1.94 bits per heavy atom. The van der Waals surface area contributed by atoms with Crippen LogP contribution in [-0.4, -0.2) is 38.7 Å². The van der Waals surface area contributed by atoms with E-state index in [-0.39, 0.29) is 18.4 Å². The number of fused-ring (bicyclic) bond motifs is 5. The molecule has 32 heavy (non-hydrogen) atoms. The average Bonchev–Trinajstić information content (AvgIpc) is 3.30. The minimum atomic E-state index is -0.464. The van der Waals surface area contributed by atoms with Crippen molar-refractivity contribution >= 4 is 23.3 Å². The molecule has 7 nitrogen and oxygen atoms in total. The van der Waals surface area contributed by atoms with Crippen LogP contribution in [0.3, 0.4) is 0 Å². The van der Waals surface area contributed by atoms with Crippen molar-refractivity contribution < 1.29 is 23.8 Å². The standard InChI is InChI=1S/C25H26N2O5/c1-27-13-25(14-31-19-11-20-21(10-16(19)25)32-22(28)12-30-20)23-17(8-5-9-18(23)27)26-24(29)15-6-3-2-4-7-15/h5,8-11,15H,2-4,6-7,12-14H2,1H3,(H,26,29). The largest absolute Gasteiger partial charge is 0.492 e. The van der Waals surface area contributed by atoms with Crippen molar-refractivity contribution in [1.29, 1.82) is 0 Å². The number of hydrogen-bond acceptors (Lipinski definition) is 6. The molecular formula is C25H26N2O5. The minimum Gasteiger partial charge on any atom is -0.492 e. The normalized spacial score (nSPS) is 23.7. The summed E-state index contributed by atoms with van der Waals surface area (Å²) in [5.41, 5.74) is 3.47. The summed E-state index contributed by atoms with van der Waals surface area (Å²) in [6.45, 7) is 1.06. The fourth-order valence-corrected chi connectivity index (χ4v) is 5.77. The van der Waals surface area contributed by atoms with Gasteiger partial charge in [0.15, 0.2) is 18.1 Å². The third-order valence-electron chi connectivity index (χ3n) is 7.28. The van der Waals surface area contributed by atoms with Crippen molar-refractivity contribution in [3.63, 3.8) is 0 Å². The zero-order valence-electron chi connectivity index (χ0n) is 18.1. The van der Waals surface area contributed by atoms with E-state index in [2.05, 4.69) is 23.3 Å². The molecule has 0 radical (unpaired) electrons. The molecule has 1 spiro atoms. The maximum atomic E-state index is 13.1. The molecule has 3 aliphatic heterocycles. The first-order chi connectivity index (χ1) is 15.5. The maximum absolute atomic E-state index is 13.1. The third-order valence-corrected chi connectivity index (χ3v) is 7.28. The Balaban J connectivity index is 1.43. The summed E-state index contributed by atoms with van der Waals surface area (Å²) in [4.78, 5) is 27.1. The molecule has 1 fully saturated rings. The fourth-order valence-electron chi connectivity index (χ4n) is 5.77. The number of carbonyl (C=O) groups is 2. The Labute approximate surface area is 186 Å². The summed E-state index contributed by atoms with van der Waals surface area (Å²) in [6, 6.07) is 9.74. The highest BCUT2D eigenvalue weighted by atomic mass is 16.6. The van der Waals surface area contributed by atoms with Crippen LogP contribution in [0, 0.1) is 5.92 Å². The van der Waals surface area contributed by atoms with E-state index in [0.29, 0.717) is 24.7 Å². The van der Waals surface area contributed by atoms with Crippen molar-refractivity contribution in [2.75, 3.05) is 37.0 Å². The van der Waals surface area contributed by atoms with Crippen LogP contribution < -0.4 is 24.4 Å². The van der Waals surface area contributed by atoms with Crippen LogP contribution in [0.5, 0.6) is 17.2 Å². The number of carbonyl (C=O) groups excluding carboxylic acids is 2. The zero-order valence-corrected chi connectivity index (χ0v) is 18.1. The van der Waals surface area contributed by atoms with Gasteiger partial charge < -0.3 is 24.4 Å². The van der Waals surface area contributed by atoms with E-state index in [1.807, 2.05) is 24.3 Å². The lowest BCUT2D eigenvalue weighted by molar-refractivity contribution is -0.138. The fraction of sp³-hybridized carbons (Fsp3) is 0.440. The van der Waals surface area contributed by atoms with Crippen LogP contribution in [0.15, 0.2) is 30.3 Å². The number of ether oxygens (including phenoxy) is 3. The van der Waals surface area contributed by atoms with Gasteiger partial charge in [-0.25, -0.2) is 4.79 Å². The number of rotatable bonds is 2. The molecular weight excluding hydrogens is 408 g/mol. The number of nitrogens with one attached hydrogen (secondary N) is 1. The molecule has 2 aromatic rings. The third kappa shape index (κ3) is 2.87. The molecule has 1 N–H and O–H groups in total. The molecule has 1 unspecified atom stereocenters. The smallest absolute Gasteiger partial charge is 0.349 e. The van der Waals surface area contributed by atoms with Crippen molar-refractivity contribution in [1.82, 2.24) is 0 Å². The highest BCUT2D eigenvalue weighted by Gasteiger charge is 2.51. The second kappa shape index (κ2) is 7.15. The Morgan fingerprint density at radius 1 is 1.09 bits per heavy atom. The number of nitrogens with zero attached hydrogens (tertiary/aromatic N) is 1. The van der Waals surface area contributed by atoms with Crippen molar-refractivity contribution in [3.8, 4) is 17.2 Å². The highest BCUT2D eigenvalue weighted by molar-refractivity contribution is 5.95. The quantitative estimate of drug-likeness (QED) is 0.575. The number of likely N-dealkylation sites (N-methyl/N-ethyl adjacent to an activating group) is 1. The van der Waals surface area contributed by atoms with Gasteiger partial charge in [0.2, 0.25) is 5.91 Å². The lowest BCUT2D eigenvalue weighted by Gasteiger charge is -2.27. The summed E-state index contributed by atoms with van der Waals surface area (Å²) < 4.78 is 17.1. The van der Waals surface area contributed by atoms with Gasteiger partial charge in [0.1, 0.15) is 12.4 Å². The summed E-state index contributed by atoms with van der Waals surface area (Å²) in [6.07, 6.45) is 5.35. The summed E-state index contributed by atoms with van der Waals surface area (Å²) in [5.74, 6) is 1.45. The predicted octanol–water partition coefficient (Wildman–Crippen LogP) is 3.63. The Hall–Kier alpha value is -3.22. The van der Waals surface area contributed by atoms with Crippen LogP contribution >= 0.6 is 0 Å². The maximum Gasteiger partial charge on any atom is 0.349 e. The van der Waals surface area contributed by atoms with Gasteiger partial charge in [-0.05, 0) is 31.0 Å². The summed E-state index contributed by atoms with van der Waals surface area (Å²) >= 11 is 0. The van der Waals surface area contributed by atoms with Crippen LogP contribution in [0.4, 0.5) is 11.4 Å². The van der Waals surface area contributed by atoms with E-state index in [0.717, 1.165) is 53.9 Å². The van der Waals surface area contributed by atoms with Gasteiger partial charge >= 0.3 is 5.97 Å². The lowest BCUT2D eigenvalue weighted by atomic mass is 9.76. The predicted molar refractivity (Wildman–Crippen MR) is 119 cm³/mol. The number of benzene rings is 2. The second-order valence-corrected chi connectivity index (χ2v) is 9.31. The van der Waals surface area contributed by atoms with E-state index in [4.69, 9.17) is 14.2 Å². The first-order valence-corrected chi connectivity index (χ1v) is 11.4. The SMILES string of the molecule is CN1CC2(COc3cc4c(cc32)OC(=O)CO4)c2c(NC(=O)C3CCCCC3)cccc21. The average molecular weight is 434 g/mol. The number of esters is 1. The van der Waals surface area contributed by atoms with Crippen molar-refractivity contribution in [3.05, 3.63) is 41.5 Å². The molecule has 0 bridgehead atoms. The van der Waals surface area contributed by atoms with Crippen LogP contribution in [0.1, 0.15) is 43.2 Å². The molecule has 1 aliphatic carbocycles. The molecule has 7 heteroatoms. The van der Waals surface area contributed by atoms with Gasteiger partial charge in [0.05, 0.1) is 5.41 Å². The van der Waals surface area contributed by atoms with E-state index in [1.54, 1.807) is 0 Å². The van der Waals surface area contributed by atoms with Gasteiger partial charge in [-0.1, -0.05) is 25.3 Å². The molecule has 166 valence electrons.